The summed E-state index contributed by atoms with van der Waals surface area (Å²) < 4.78 is 0. The lowest BCUT2D eigenvalue weighted by atomic mass is 9.75. The fourth-order valence-corrected chi connectivity index (χ4v) is 3.00. The van der Waals surface area contributed by atoms with Crippen molar-refractivity contribution < 1.29 is 4.79 Å². The Balaban J connectivity index is 2.21. The van der Waals surface area contributed by atoms with Crippen LogP contribution in [0.1, 0.15) is 51.9 Å². The second-order valence-electron chi connectivity index (χ2n) is 4.68. The molecule has 0 heterocycles. The Hall–Kier alpha value is -0.330. The van der Waals surface area contributed by atoms with Gasteiger partial charge in [-0.15, -0.1) is 0 Å². The van der Waals surface area contributed by atoms with E-state index in [1.54, 1.807) is 0 Å². The van der Waals surface area contributed by atoms with E-state index in [0.29, 0.717) is 5.78 Å². The zero-order valence-electron chi connectivity index (χ0n) is 7.94. The van der Waals surface area contributed by atoms with Gasteiger partial charge in [0.05, 0.1) is 0 Å². The van der Waals surface area contributed by atoms with E-state index in [1.807, 2.05) is 0 Å². The van der Waals surface area contributed by atoms with Gasteiger partial charge in [0.2, 0.25) is 0 Å². The van der Waals surface area contributed by atoms with Crippen molar-refractivity contribution in [1.29, 1.82) is 0 Å². The van der Waals surface area contributed by atoms with Crippen molar-refractivity contribution in [1.82, 2.24) is 0 Å². The van der Waals surface area contributed by atoms with E-state index in [1.165, 1.54) is 32.1 Å². The van der Waals surface area contributed by atoms with Crippen LogP contribution in [0.3, 0.4) is 0 Å². The van der Waals surface area contributed by atoms with Crippen LogP contribution < -0.4 is 0 Å². The SMILES string of the molecule is CC12CCCCCC1CCC2=O. The maximum Gasteiger partial charge on any atom is 0.139 e. The minimum atomic E-state index is 0.0938. The molecule has 0 saturated heterocycles. The molecule has 0 aromatic carbocycles. The quantitative estimate of drug-likeness (QED) is 0.540. The predicted molar refractivity (Wildman–Crippen MR) is 48.9 cm³/mol. The third-order valence-electron chi connectivity index (χ3n) is 4.01. The molecule has 0 spiro atoms. The summed E-state index contributed by atoms with van der Waals surface area (Å²) in [5, 5.41) is 0. The Morgan fingerprint density at radius 3 is 2.92 bits per heavy atom. The van der Waals surface area contributed by atoms with Gasteiger partial charge in [0, 0.05) is 11.8 Å². The van der Waals surface area contributed by atoms with E-state index >= 15 is 0 Å². The third kappa shape index (κ3) is 1.10. The lowest BCUT2D eigenvalue weighted by Gasteiger charge is -2.27. The molecule has 2 saturated carbocycles. The first kappa shape index (κ1) is 8.28. The molecule has 2 aliphatic carbocycles. The van der Waals surface area contributed by atoms with Crippen molar-refractivity contribution in [2.45, 2.75) is 51.9 Å². The number of hydrogen-bond donors (Lipinski definition) is 0. The normalized spacial score (nSPS) is 42.4. The average molecular weight is 166 g/mol. The van der Waals surface area contributed by atoms with Crippen molar-refractivity contribution >= 4 is 5.78 Å². The highest BCUT2D eigenvalue weighted by Crippen LogP contribution is 2.48. The van der Waals surface area contributed by atoms with E-state index in [4.69, 9.17) is 0 Å². The molecule has 1 nitrogen and oxygen atoms in total. The van der Waals surface area contributed by atoms with Crippen LogP contribution >= 0.6 is 0 Å². The van der Waals surface area contributed by atoms with Crippen LogP contribution in [0.15, 0.2) is 0 Å². The Kier molecular flexibility index (Phi) is 1.97. The molecule has 1 heteroatoms. The number of Topliss-reactive ketones (excluding diaryl/α,β-unsaturated/α-hetero) is 1. The van der Waals surface area contributed by atoms with Crippen molar-refractivity contribution in [2.75, 3.05) is 0 Å². The van der Waals surface area contributed by atoms with E-state index in [2.05, 4.69) is 6.92 Å². The van der Waals surface area contributed by atoms with Gasteiger partial charge < -0.3 is 0 Å². The van der Waals surface area contributed by atoms with Crippen molar-refractivity contribution in [3.8, 4) is 0 Å². The first-order valence-corrected chi connectivity index (χ1v) is 5.27. The fourth-order valence-electron chi connectivity index (χ4n) is 3.00. The van der Waals surface area contributed by atoms with Crippen molar-refractivity contribution in [3.05, 3.63) is 0 Å². The summed E-state index contributed by atoms with van der Waals surface area (Å²) in [4.78, 5) is 11.7. The summed E-state index contributed by atoms with van der Waals surface area (Å²) in [7, 11) is 0. The van der Waals surface area contributed by atoms with Gasteiger partial charge in [-0.25, -0.2) is 0 Å². The van der Waals surface area contributed by atoms with Crippen LogP contribution in [0.2, 0.25) is 0 Å². The van der Waals surface area contributed by atoms with Crippen LogP contribution in [-0.4, -0.2) is 5.78 Å². The summed E-state index contributed by atoms with van der Waals surface area (Å²) in [5.41, 5.74) is 0.0938. The van der Waals surface area contributed by atoms with Crippen LogP contribution in [-0.2, 0) is 4.79 Å². The molecule has 0 radical (unpaired) electrons. The van der Waals surface area contributed by atoms with Gasteiger partial charge >= 0.3 is 0 Å². The molecule has 2 aliphatic rings. The number of rotatable bonds is 0. The van der Waals surface area contributed by atoms with E-state index in [9.17, 15) is 4.79 Å². The second-order valence-corrected chi connectivity index (χ2v) is 4.68. The zero-order chi connectivity index (χ0) is 8.60. The third-order valence-corrected chi connectivity index (χ3v) is 4.01. The van der Waals surface area contributed by atoms with Gasteiger partial charge in [0.25, 0.3) is 0 Å². The number of hydrogen-bond acceptors (Lipinski definition) is 1. The largest absolute Gasteiger partial charge is 0.299 e. The number of fused-ring (bicyclic) bond motifs is 1. The van der Waals surface area contributed by atoms with Gasteiger partial charge in [-0.3, -0.25) is 4.79 Å². The van der Waals surface area contributed by atoms with E-state index in [0.717, 1.165) is 18.8 Å². The standard InChI is InChI=1S/C11H18O/c1-11-8-4-2-3-5-9(11)6-7-10(11)12/h9H,2-8H2,1H3. The lowest BCUT2D eigenvalue weighted by Crippen LogP contribution is -2.27. The highest BCUT2D eigenvalue weighted by molar-refractivity contribution is 5.86. The Morgan fingerprint density at radius 1 is 1.25 bits per heavy atom. The lowest BCUT2D eigenvalue weighted by molar-refractivity contribution is -0.126. The zero-order valence-corrected chi connectivity index (χ0v) is 7.94. The van der Waals surface area contributed by atoms with Gasteiger partial charge in [0.15, 0.2) is 0 Å². The summed E-state index contributed by atoms with van der Waals surface area (Å²) in [5.74, 6) is 1.28. The molecular weight excluding hydrogens is 148 g/mol. The monoisotopic (exact) mass is 166 g/mol. The summed E-state index contributed by atoms with van der Waals surface area (Å²) >= 11 is 0. The molecule has 0 amide bonds. The first-order chi connectivity index (χ1) is 5.73. The van der Waals surface area contributed by atoms with Gasteiger partial charge in [-0.2, -0.15) is 0 Å². The number of carbonyl (C=O) groups is 1. The van der Waals surface area contributed by atoms with Crippen LogP contribution in [0.4, 0.5) is 0 Å². The average Bonchev–Trinajstić information content (AvgIpc) is 2.24. The molecule has 0 bridgehead atoms. The summed E-state index contributed by atoms with van der Waals surface area (Å²) in [6.07, 6.45) is 8.49. The van der Waals surface area contributed by atoms with Crippen molar-refractivity contribution in [3.63, 3.8) is 0 Å². The maximum absolute atomic E-state index is 11.7. The Morgan fingerprint density at radius 2 is 2.08 bits per heavy atom. The number of carbonyl (C=O) groups excluding carboxylic acids is 1. The minimum absolute atomic E-state index is 0.0938. The number of ketones is 1. The summed E-state index contributed by atoms with van der Waals surface area (Å²) in [6, 6.07) is 0. The van der Waals surface area contributed by atoms with Gasteiger partial charge in [0.1, 0.15) is 5.78 Å². The molecule has 0 aliphatic heterocycles. The van der Waals surface area contributed by atoms with Crippen LogP contribution in [0.5, 0.6) is 0 Å². The smallest absolute Gasteiger partial charge is 0.139 e. The topological polar surface area (TPSA) is 17.1 Å². The summed E-state index contributed by atoms with van der Waals surface area (Å²) in [6.45, 7) is 2.21. The highest BCUT2D eigenvalue weighted by atomic mass is 16.1. The van der Waals surface area contributed by atoms with Gasteiger partial charge in [-0.05, 0) is 25.2 Å². The predicted octanol–water partition coefficient (Wildman–Crippen LogP) is 2.94. The fraction of sp³-hybridized carbons (Fsp3) is 0.909. The van der Waals surface area contributed by atoms with E-state index in [-0.39, 0.29) is 5.41 Å². The molecule has 0 N–H and O–H groups in total. The molecule has 0 aromatic rings. The Labute approximate surface area is 74.5 Å². The molecule has 2 rings (SSSR count). The van der Waals surface area contributed by atoms with Crippen LogP contribution in [0.25, 0.3) is 0 Å². The van der Waals surface area contributed by atoms with E-state index < -0.39 is 0 Å². The first-order valence-electron chi connectivity index (χ1n) is 5.27. The molecule has 2 unspecified atom stereocenters. The Bertz CT molecular complexity index is 197. The van der Waals surface area contributed by atoms with Crippen molar-refractivity contribution in [2.24, 2.45) is 11.3 Å². The second kappa shape index (κ2) is 2.86. The molecule has 2 fully saturated rings. The molecule has 12 heavy (non-hydrogen) atoms. The molecular formula is C11H18O. The minimum Gasteiger partial charge on any atom is -0.299 e. The maximum atomic E-state index is 11.7. The highest BCUT2D eigenvalue weighted by Gasteiger charge is 2.45. The van der Waals surface area contributed by atoms with Gasteiger partial charge in [-0.1, -0.05) is 26.2 Å². The molecule has 0 aromatic heterocycles. The molecule has 68 valence electrons. The van der Waals surface area contributed by atoms with Crippen LogP contribution in [0, 0.1) is 11.3 Å². The molecule has 2 atom stereocenters.